The molecule has 1 aromatic carbocycles. The molecule has 1 fully saturated rings. The number of amides is 1. The summed E-state index contributed by atoms with van der Waals surface area (Å²) in [4.78, 5) is 18.3. The molecule has 1 aromatic rings. The molecule has 0 aliphatic carbocycles. The van der Waals surface area contributed by atoms with E-state index in [0.717, 1.165) is 32.0 Å². The van der Waals surface area contributed by atoms with Crippen LogP contribution in [0.2, 0.25) is 0 Å². The van der Waals surface area contributed by atoms with Crippen molar-refractivity contribution in [2.45, 2.75) is 39.8 Å². The second-order valence-electron chi connectivity index (χ2n) is 6.42. The molecular weight excluding hydrogens is 415 g/mol. The Labute approximate surface area is 162 Å². The molecule has 2 rings (SSSR count). The lowest BCUT2D eigenvalue weighted by atomic mass is 10.1. The SMILES string of the molecule is CN=C(NCc1ccccc1C)NC1CCN(C(=O)C(C)C)C1.I. The minimum atomic E-state index is 0. The monoisotopic (exact) mass is 444 g/mol. The van der Waals surface area contributed by atoms with E-state index in [4.69, 9.17) is 0 Å². The van der Waals surface area contributed by atoms with Crippen LogP contribution in [0.1, 0.15) is 31.4 Å². The quantitative estimate of drug-likeness (QED) is 0.427. The smallest absolute Gasteiger partial charge is 0.225 e. The first kappa shape index (κ1) is 20.7. The first-order chi connectivity index (χ1) is 11.0. The summed E-state index contributed by atoms with van der Waals surface area (Å²) >= 11 is 0. The second kappa shape index (κ2) is 9.86. The largest absolute Gasteiger partial charge is 0.352 e. The van der Waals surface area contributed by atoms with Gasteiger partial charge in [0.1, 0.15) is 0 Å². The van der Waals surface area contributed by atoms with Crippen molar-refractivity contribution in [2.75, 3.05) is 20.1 Å². The lowest BCUT2D eigenvalue weighted by molar-refractivity contribution is -0.133. The maximum absolute atomic E-state index is 12.0. The molecule has 1 aliphatic heterocycles. The van der Waals surface area contributed by atoms with Gasteiger partial charge in [-0.05, 0) is 24.5 Å². The van der Waals surface area contributed by atoms with E-state index in [0.29, 0.717) is 0 Å². The summed E-state index contributed by atoms with van der Waals surface area (Å²) in [5, 5.41) is 6.78. The third-order valence-electron chi connectivity index (χ3n) is 4.27. The molecule has 6 heteroatoms. The van der Waals surface area contributed by atoms with Gasteiger partial charge in [-0.2, -0.15) is 0 Å². The summed E-state index contributed by atoms with van der Waals surface area (Å²) in [6.07, 6.45) is 0.962. The maximum atomic E-state index is 12.0. The number of rotatable bonds is 4. The summed E-state index contributed by atoms with van der Waals surface area (Å²) in [7, 11) is 1.78. The molecule has 1 unspecified atom stereocenters. The molecule has 1 heterocycles. The normalized spacial score (nSPS) is 17.6. The number of carbonyl (C=O) groups is 1. The van der Waals surface area contributed by atoms with Gasteiger partial charge in [0.2, 0.25) is 5.91 Å². The van der Waals surface area contributed by atoms with Gasteiger partial charge in [-0.1, -0.05) is 38.1 Å². The average molecular weight is 444 g/mol. The van der Waals surface area contributed by atoms with Crippen LogP contribution >= 0.6 is 24.0 Å². The molecule has 1 amide bonds. The van der Waals surface area contributed by atoms with Gasteiger partial charge in [-0.15, -0.1) is 24.0 Å². The number of halogens is 1. The highest BCUT2D eigenvalue weighted by atomic mass is 127. The molecule has 0 aromatic heterocycles. The molecule has 2 N–H and O–H groups in total. The van der Waals surface area contributed by atoms with Crippen molar-refractivity contribution in [2.24, 2.45) is 10.9 Å². The van der Waals surface area contributed by atoms with Crippen molar-refractivity contribution >= 4 is 35.8 Å². The molecule has 1 aliphatic rings. The molecule has 1 atom stereocenters. The van der Waals surface area contributed by atoms with Gasteiger partial charge in [-0.25, -0.2) is 0 Å². The highest BCUT2D eigenvalue weighted by molar-refractivity contribution is 14.0. The van der Waals surface area contributed by atoms with E-state index in [1.807, 2.05) is 30.9 Å². The zero-order chi connectivity index (χ0) is 16.8. The molecular formula is C18H29IN4O. The molecule has 134 valence electrons. The fraction of sp³-hybridized carbons (Fsp3) is 0.556. The standard InChI is InChI=1S/C18H28N4O.HI/c1-13(2)17(23)22-10-9-16(12-22)21-18(19-4)20-11-15-8-6-5-7-14(15)3;/h5-8,13,16H,9-12H2,1-4H3,(H2,19,20,21);1H. The summed E-state index contributed by atoms with van der Waals surface area (Å²) in [5.74, 6) is 1.08. The Bertz CT molecular complexity index is 574. The highest BCUT2D eigenvalue weighted by Crippen LogP contribution is 2.13. The topological polar surface area (TPSA) is 56.7 Å². The number of hydrogen-bond acceptors (Lipinski definition) is 2. The van der Waals surface area contributed by atoms with Crippen LogP contribution in [0.5, 0.6) is 0 Å². The number of likely N-dealkylation sites (tertiary alicyclic amines) is 1. The fourth-order valence-corrected chi connectivity index (χ4v) is 2.82. The average Bonchev–Trinajstić information content (AvgIpc) is 3.00. The number of nitrogens with one attached hydrogen (secondary N) is 2. The number of benzene rings is 1. The van der Waals surface area contributed by atoms with Crippen LogP contribution in [-0.4, -0.2) is 42.9 Å². The number of guanidine groups is 1. The first-order valence-electron chi connectivity index (χ1n) is 8.31. The van der Waals surface area contributed by atoms with Gasteiger partial charge in [0.25, 0.3) is 0 Å². The van der Waals surface area contributed by atoms with Crippen molar-refractivity contribution in [1.29, 1.82) is 0 Å². The lowest BCUT2D eigenvalue weighted by Crippen LogP contribution is -2.45. The van der Waals surface area contributed by atoms with E-state index >= 15 is 0 Å². The van der Waals surface area contributed by atoms with Gasteiger partial charge >= 0.3 is 0 Å². The summed E-state index contributed by atoms with van der Waals surface area (Å²) in [6, 6.07) is 8.59. The Morgan fingerprint density at radius 1 is 1.38 bits per heavy atom. The fourth-order valence-electron chi connectivity index (χ4n) is 2.82. The Morgan fingerprint density at radius 3 is 2.71 bits per heavy atom. The number of hydrogen-bond donors (Lipinski definition) is 2. The van der Waals surface area contributed by atoms with Crippen LogP contribution < -0.4 is 10.6 Å². The third kappa shape index (κ3) is 5.65. The first-order valence-corrected chi connectivity index (χ1v) is 8.31. The molecule has 0 radical (unpaired) electrons. The molecule has 1 saturated heterocycles. The van der Waals surface area contributed by atoms with E-state index in [2.05, 4.69) is 34.7 Å². The second-order valence-corrected chi connectivity index (χ2v) is 6.42. The van der Waals surface area contributed by atoms with Crippen molar-refractivity contribution in [3.05, 3.63) is 35.4 Å². The maximum Gasteiger partial charge on any atom is 0.225 e. The van der Waals surface area contributed by atoms with Crippen LogP contribution in [0.4, 0.5) is 0 Å². The number of carbonyl (C=O) groups excluding carboxylic acids is 1. The molecule has 0 saturated carbocycles. The number of aryl methyl sites for hydroxylation is 1. The zero-order valence-electron chi connectivity index (χ0n) is 15.0. The van der Waals surface area contributed by atoms with Crippen LogP contribution in [0.25, 0.3) is 0 Å². The van der Waals surface area contributed by atoms with Crippen molar-refractivity contribution in [3.63, 3.8) is 0 Å². The van der Waals surface area contributed by atoms with Crippen LogP contribution in [0.15, 0.2) is 29.3 Å². The molecule has 5 nitrogen and oxygen atoms in total. The van der Waals surface area contributed by atoms with Crippen molar-refractivity contribution < 1.29 is 4.79 Å². The minimum absolute atomic E-state index is 0. The Kier molecular flexibility index (Phi) is 8.52. The Morgan fingerprint density at radius 2 is 2.08 bits per heavy atom. The van der Waals surface area contributed by atoms with Crippen molar-refractivity contribution in [3.8, 4) is 0 Å². The van der Waals surface area contributed by atoms with E-state index in [1.165, 1.54) is 11.1 Å². The van der Waals surface area contributed by atoms with Gasteiger partial charge in [0.05, 0.1) is 0 Å². The van der Waals surface area contributed by atoms with Crippen LogP contribution in [0.3, 0.4) is 0 Å². The summed E-state index contributed by atoms with van der Waals surface area (Å²) < 4.78 is 0. The minimum Gasteiger partial charge on any atom is -0.352 e. The molecule has 0 bridgehead atoms. The van der Waals surface area contributed by atoms with E-state index in [1.54, 1.807) is 7.05 Å². The van der Waals surface area contributed by atoms with Gasteiger partial charge in [0, 0.05) is 38.6 Å². The van der Waals surface area contributed by atoms with E-state index in [-0.39, 0.29) is 41.8 Å². The molecule has 24 heavy (non-hydrogen) atoms. The van der Waals surface area contributed by atoms with Gasteiger partial charge in [-0.3, -0.25) is 9.79 Å². The highest BCUT2D eigenvalue weighted by Gasteiger charge is 2.27. The molecule has 0 spiro atoms. The van der Waals surface area contributed by atoms with Crippen molar-refractivity contribution in [1.82, 2.24) is 15.5 Å². The van der Waals surface area contributed by atoms with Crippen LogP contribution in [-0.2, 0) is 11.3 Å². The predicted molar refractivity (Wildman–Crippen MR) is 110 cm³/mol. The number of nitrogens with zero attached hydrogens (tertiary/aromatic N) is 2. The van der Waals surface area contributed by atoms with Gasteiger partial charge in [0.15, 0.2) is 5.96 Å². The van der Waals surface area contributed by atoms with E-state index in [9.17, 15) is 4.79 Å². The predicted octanol–water partition coefficient (Wildman–Crippen LogP) is 2.53. The van der Waals surface area contributed by atoms with Crippen LogP contribution in [0, 0.1) is 12.8 Å². The Hall–Kier alpha value is -1.31. The zero-order valence-corrected chi connectivity index (χ0v) is 17.3. The van der Waals surface area contributed by atoms with Gasteiger partial charge < -0.3 is 15.5 Å². The Balaban J connectivity index is 0.00000288. The summed E-state index contributed by atoms with van der Waals surface area (Å²) in [6.45, 7) is 8.33. The van der Waals surface area contributed by atoms with E-state index < -0.39 is 0 Å². The summed E-state index contributed by atoms with van der Waals surface area (Å²) in [5.41, 5.74) is 2.53. The number of aliphatic imine (C=N–C) groups is 1. The lowest BCUT2D eigenvalue weighted by Gasteiger charge is -2.20. The third-order valence-corrected chi connectivity index (χ3v) is 4.27.